The molecule has 2 aromatic heterocycles. The van der Waals surface area contributed by atoms with E-state index in [0.29, 0.717) is 17.7 Å². The molecule has 2 rings (SSSR count). The Balaban J connectivity index is 2.38. The predicted octanol–water partition coefficient (Wildman–Crippen LogP) is 3.12. The number of sulfonamides is 1. The van der Waals surface area contributed by atoms with Crippen LogP contribution in [0.5, 0.6) is 0 Å². The van der Waals surface area contributed by atoms with E-state index in [2.05, 4.69) is 4.98 Å². The number of hydrogen-bond acceptors (Lipinski definition) is 4. The third kappa shape index (κ3) is 4.72. The molecule has 0 aliphatic heterocycles. The van der Waals surface area contributed by atoms with E-state index in [1.54, 1.807) is 5.32 Å². The Hall–Kier alpha value is -2.68. The van der Waals surface area contributed by atoms with Gasteiger partial charge in [-0.2, -0.15) is 17.9 Å². The lowest BCUT2D eigenvalue weighted by Crippen LogP contribution is -2.43. The fourth-order valence-corrected chi connectivity index (χ4v) is 3.62. The van der Waals surface area contributed by atoms with E-state index in [4.69, 9.17) is 0 Å². The smallest absolute Gasteiger partial charge is 0.343 e. The molecule has 0 aromatic carbocycles. The Morgan fingerprint density at radius 3 is 2.33 bits per heavy atom. The normalized spacial score (nSPS) is 13.5. The second-order valence-electron chi connectivity index (χ2n) is 5.96. The van der Waals surface area contributed by atoms with E-state index in [0.717, 1.165) is 19.3 Å². The number of aromatic nitrogens is 2. The number of pyridine rings is 1. The standard InChI is InChI=1S/C15H13F7N4O3S/c1-6(15(20,21)22)25-30(28,29)8-5-26(2)12(10(8)17)14(27)24-7-3-4-23-11(9(7)16)13(18)19/h3-6,13,25H,1-2H3,(H,23,24,27). The SMILES string of the molecule is CC(NS(=O)(=O)c1cn(C)c(C(=O)Nc2ccnc(C(F)F)c2F)c1F)C(F)(F)F. The number of anilines is 1. The molecule has 0 saturated heterocycles. The first-order chi connectivity index (χ1) is 13.7. The van der Waals surface area contributed by atoms with Crippen molar-refractivity contribution in [2.75, 3.05) is 5.32 Å². The van der Waals surface area contributed by atoms with Crippen LogP contribution < -0.4 is 10.0 Å². The minimum absolute atomic E-state index is 0.485. The van der Waals surface area contributed by atoms with Gasteiger partial charge in [0.15, 0.2) is 11.6 Å². The zero-order valence-electron chi connectivity index (χ0n) is 15.1. The van der Waals surface area contributed by atoms with Gasteiger partial charge >= 0.3 is 6.18 Å². The summed E-state index contributed by atoms with van der Waals surface area (Å²) in [5, 5.41) is 1.79. The van der Waals surface area contributed by atoms with Crippen LogP contribution in [0.1, 0.15) is 29.5 Å². The van der Waals surface area contributed by atoms with Gasteiger partial charge < -0.3 is 9.88 Å². The van der Waals surface area contributed by atoms with Crippen LogP contribution in [0.4, 0.5) is 36.4 Å². The monoisotopic (exact) mass is 462 g/mol. The summed E-state index contributed by atoms with van der Waals surface area (Å²) in [6.45, 7) is 0.485. The number of carbonyl (C=O) groups is 1. The molecule has 166 valence electrons. The summed E-state index contributed by atoms with van der Waals surface area (Å²) in [7, 11) is -4.04. The van der Waals surface area contributed by atoms with Gasteiger partial charge in [0.2, 0.25) is 10.0 Å². The molecule has 2 aromatic rings. The number of halogens is 7. The average Bonchev–Trinajstić information content (AvgIpc) is 2.90. The molecule has 2 heterocycles. The van der Waals surface area contributed by atoms with Gasteiger partial charge in [-0.05, 0) is 13.0 Å². The highest BCUT2D eigenvalue weighted by atomic mass is 32.2. The quantitative estimate of drug-likeness (QED) is 0.646. The third-order valence-corrected chi connectivity index (χ3v) is 5.31. The molecule has 7 nitrogen and oxygen atoms in total. The van der Waals surface area contributed by atoms with Crippen molar-refractivity contribution in [3.05, 3.63) is 41.5 Å². The fourth-order valence-electron chi connectivity index (χ4n) is 2.27. The van der Waals surface area contributed by atoms with Crippen molar-refractivity contribution in [1.29, 1.82) is 0 Å². The first-order valence-corrected chi connectivity index (χ1v) is 9.33. The van der Waals surface area contributed by atoms with Gasteiger partial charge in [-0.3, -0.25) is 9.78 Å². The van der Waals surface area contributed by atoms with Crippen LogP contribution in [0.2, 0.25) is 0 Å². The van der Waals surface area contributed by atoms with Gasteiger partial charge in [-0.25, -0.2) is 26.0 Å². The Labute approximate surface area is 164 Å². The van der Waals surface area contributed by atoms with E-state index in [1.807, 2.05) is 0 Å². The summed E-state index contributed by atoms with van der Waals surface area (Å²) < 4.78 is 118. The molecule has 0 aliphatic rings. The molecule has 0 bridgehead atoms. The average molecular weight is 462 g/mol. The zero-order chi connectivity index (χ0) is 23.0. The second kappa shape index (κ2) is 8.22. The Morgan fingerprint density at radius 2 is 1.80 bits per heavy atom. The third-order valence-electron chi connectivity index (χ3n) is 3.79. The molecular formula is C15H13F7N4O3S. The van der Waals surface area contributed by atoms with Gasteiger partial charge in [-0.1, -0.05) is 0 Å². The number of hydrogen-bond donors (Lipinski definition) is 2. The number of nitrogens with one attached hydrogen (secondary N) is 2. The number of alkyl halides is 5. The second-order valence-corrected chi connectivity index (χ2v) is 7.65. The molecule has 0 aliphatic carbocycles. The minimum Gasteiger partial charge on any atom is -0.343 e. The van der Waals surface area contributed by atoms with Crippen molar-refractivity contribution < 1.29 is 43.9 Å². The Morgan fingerprint density at radius 1 is 1.20 bits per heavy atom. The number of amides is 1. The van der Waals surface area contributed by atoms with Crippen LogP contribution in [0, 0.1) is 11.6 Å². The van der Waals surface area contributed by atoms with Crippen LogP contribution in [-0.4, -0.2) is 36.1 Å². The van der Waals surface area contributed by atoms with Crippen molar-refractivity contribution in [2.45, 2.75) is 30.5 Å². The van der Waals surface area contributed by atoms with Gasteiger partial charge in [0.1, 0.15) is 22.3 Å². The minimum atomic E-state index is -5.04. The lowest BCUT2D eigenvalue weighted by molar-refractivity contribution is -0.147. The van der Waals surface area contributed by atoms with Crippen molar-refractivity contribution in [1.82, 2.24) is 14.3 Å². The van der Waals surface area contributed by atoms with Crippen LogP contribution in [0.15, 0.2) is 23.4 Å². The number of carbonyl (C=O) groups excluding carboxylic acids is 1. The van der Waals surface area contributed by atoms with Crippen molar-refractivity contribution in [3.8, 4) is 0 Å². The van der Waals surface area contributed by atoms with Crippen molar-refractivity contribution in [3.63, 3.8) is 0 Å². The fraction of sp³-hybridized carbons (Fsp3) is 0.333. The van der Waals surface area contributed by atoms with Crippen molar-refractivity contribution in [2.24, 2.45) is 7.05 Å². The maximum Gasteiger partial charge on any atom is 0.404 e. The molecule has 2 N–H and O–H groups in total. The van der Waals surface area contributed by atoms with Gasteiger partial charge in [-0.15, -0.1) is 0 Å². The summed E-state index contributed by atoms with van der Waals surface area (Å²) in [6.07, 6.45) is -6.99. The van der Waals surface area contributed by atoms with E-state index < -0.39 is 68.2 Å². The predicted molar refractivity (Wildman–Crippen MR) is 88.3 cm³/mol. The van der Waals surface area contributed by atoms with E-state index >= 15 is 0 Å². The van der Waals surface area contributed by atoms with Crippen LogP contribution >= 0.6 is 0 Å². The first-order valence-electron chi connectivity index (χ1n) is 7.84. The van der Waals surface area contributed by atoms with Crippen LogP contribution in [0.3, 0.4) is 0 Å². The molecule has 1 unspecified atom stereocenters. The van der Waals surface area contributed by atoms with Gasteiger partial charge in [0, 0.05) is 19.4 Å². The summed E-state index contributed by atoms with van der Waals surface area (Å²) in [5.74, 6) is -4.75. The molecule has 1 atom stereocenters. The van der Waals surface area contributed by atoms with E-state index in [-0.39, 0.29) is 0 Å². The molecule has 1 amide bonds. The molecule has 0 fully saturated rings. The maximum atomic E-state index is 14.6. The highest BCUT2D eigenvalue weighted by molar-refractivity contribution is 7.89. The van der Waals surface area contributed by atoms with Crippen molar-refractivity contribution >= 4 is 21.6 Å². The summed E-state index contributed by atoms with van der Waals surface area (Å²) in [6, 6.07) is -1.76. The summed E-state index contributed by atoms with van der Waals surface area (Å²) >= 11 is 0. The van der Waals surface area contributed by atoms with Crippen LogP contribution in [0.25, 0.3) is 0 Å². The Kier molecular flexibility index (Phi) is 6.46. The molecule has 0 saturated carbocycles. The topological polar surface area (TPSA) is 93.1 Å². The van der Waals surface area contributed by atoms with E-state index in [9.17, 15) is 43.9 Å². The molecule has 30 heavy (non-hydrogen) atoms. The lowest BCUT2D eigenvalue weighted by Gasteiger charge is -2.16. The largest absolute Gasteiger partial charge is 0.404 e. The lowest BCUT2D eigenvalue weighted by atomic mass is 10.3. The number of aryl methyl sites for hydroxylation is 1. The molecule has 15 heteroatoms. The molecule has 0 spiro atoms. The zero-order valence-corrected chi connectivity index (χ0v) is 15.9. The number of nitrogens with zero attached hydrogens (tertiary/aromatic N) is 2. The maximum absolute atomic E-state index is 14.6. The first kappa shape index (κ1) is 23.6. The number of rotatable bonds is 6. The van der Waals surface area contributed by atoms with E-state index in [1.165, 1.54) is 4.72 Å². The molecule has 0 radical (unpaired) electrons. The van der Waals surface area contributed by atoms with Crippen LogP contribution in [-0.2, 0) is 17.1 Å². The summed E-state index contributed by atoms with van der Waals surface area (Å²) in [4.78, 5) is 14.1. The Bertz CT molecular complexity index is 1070. The highest BCUT2D eigenvalue weighted by Crippen LogP contribution is 2.27. The molecular weight excluding hydrogens is 449 g/mol. The highest BCUT2D eigenvalue weighted by Gasteiger charge is 2.40. The van der Waals surface area contributed by atoms with Gasteiger partial charge in [0.25, 0.3) is 12.3 Å². The summed E-state index contributed by atoms with van der Waals surface area (Å²) in [5.41, 5.74) is -3.07. The van der Waals surface area contributed by atoms with Gasteiger partial charge in [0.05, 0.1) is 5.69 Å².